The largest absolute Gasteiger partial charge is 0.464 e. The van der Waals surface area contributed by atoms with Crippen LogP contribution in [0.15, 0.2) is 24.3 Å². The average Bonchev–Trinajstić information content (AvgIpc) is 2.79. The molecule has 0 saturated carbocycles. The van der Waals surface area contributed by atoms with E-state index in [9.17, 15) is 14.4 Å². The fourth-order valence-electron chi connectivity index (χ4n) is 2.82. The predicted molar refractivity (Wildman–Crippen MR) is 89.3 cm³/mol. The molecule has 2 amide bonds. The van der Waals surface area contributed by atoms with Crippen molar-refractivity contribution in [2.45, 2.75) is 19.3 Å². The molecule has 0 fully saturated rings. The molecule has 7 heteroatoms. The smallest absolute Gasteiger partial charge is 0.326 e. The van der Waals surface area contributed by atoms with Crippen molar-refractivity contribution in [2.24, 2.45) is 5.92 Å². The van der Waals surface area contributed by atoms with Crippen molar-refractivity contribution in [1.29, 1.82) is 0 Å². The number of hydrogen-bond donors (Lipinski definition) is 0. The summed E-state index contributed by atoms with van der Waals surface area (Å²) in [6.45, 7) is -0.117. The Kier molecular flexibility index (Phi) is 4.92. The number of esters is 1. The fourth-order valence-corrected chi connectivity index (χ4v) is 3.15. The van der Waals surface area contributed by atoms with Crippen LogP contribution in [-0.4, -0.2) is 35.8 Å². The molecule has 1 aromatic rings. The normalized spacial score (nSPS) is 19.6. The molecule has 0 saturated heterocycles. The molecular formula is C17H15Cl2NO4. The number of carbonyl (C=O) groups is 3. The van der Waals surface area contributed by atoms with Crippen LogP contribution in [0.3, 0.4) is 0 Å². The van der Waals surface area contributed by atoms with E-state index in [1.807, 2.05) is 0 Å². The van der Waals surface area contributed by atoms with Crippen LogP contribution in [-0.2, 0) is 9.53 Å². The quantitative estimate of drug-likeness (QED) is 0.464. The van der Waals surface area contributed by atoms with Gasteiger partial charge in [-0.15, -0.1) is 0 Å². The topological polar surface area (TPSA) is 63.7 Å². The zero-order valence-electron chi connectivity index (χ0n) is 12.8. The Bertz CT molecular complexity index is 703. The molecule has 2 aliphatic rings. The number of ether oxygens (including phenoxy) is 1. The van der Waals surface area contributed by atoms with Crippen LogP contribution < -0.4 is 0 Å². The maximum Gasteiger partial charge on any atom is 0.326 e. The molecule has 0 N–H and O–H groups in total. The van der Waals surface area contributed by atoms with Crippen LogP contribution in [0.5, 0.6) is 0 Å². The van der Waals surface area contributed by atoms with Gasteiger partial charge in [0.1, 0.15) is 6.54 Å². The molecule has 126 valence electrons. The molecule has 0 radical (unpaired) electrons. The predicted octanol–water partition coefficient (Wildman–Crippen LogP) is 3.49. The van der Waals surface area contributed by atoms with Crippen LogP contribution >= 0.6 is 23.2 Å². The van der Waals surface area contributed by atoms with Crippen molar-refractivity contribution >= 4 is 41.0 Å². The van der Waals surface area contributed by atoms with Gasteiger partial charge in [0.25, 0.3) is 11.8 Å². The van der Waals surface area contributed by atoms with E-state index in [0.29, 0.717) is 12.5 Å². The molecule has 0 bridgehead atoms. The lowest BCUT2D eigenvalue weighted by atomic mass is 9.95. The summed E-state index contributed by atoms with van der Waals surface area (Å²) in [5.74, 6) is -1.44. The average molecular weight is 368 g/mol. The summed E-state index contributed by atoms with van der Waals surface area (Å²) < 4.78 is 5.22. The number of fused-ring (bicyclic) bond motifs is 1. The number of benzene rings is 1. The standard InChI is InChI=1S/C17H15Cl2NO4/c18-13-6-11-12(7-14(13)19)17(23)20(16(11)22)8-15(21)24-9-10-4-2-1-3-5-10/h1-2,6-7,10H,3-5,8-9H2. The summed E-state index contributed by atoms with van der Waals surface area (Å²) in [5, 5.41) is 0.373. The highest BCUT2D eigenvalue weighted by molar-refractivity contribution is 6.43. The Balaban J connectivity index is 1.63. The third-order valence-electron chi connectivity index (χ3n) is 4.16. The van der Waals surface area contributed by atoms with E-state index < -0.39 is 24.3 Å². The van der Waals surface area contributed by atoms with Gasteiger partial charge in [0, 0.05) is 0 Å². The lowest BCUT2D eigenvalue weighted by Crippen LogP contribution is -2.36. The fraction of sp³-hybridized carbons (Fsp3) is 0.353. The third kappa shape index (κ3) is 3.32. The van der Waals surface area contributed by atoms with Crippen molar-refractivity contribution in [3.63, 3.8) is 0 Å². The molecule has 1 unspecified atom stereocenters. The first-order valence-electron chi connectivity index (χ1n) is 7.63. The second kappa shape index (κ2) is 6.95. The first-order chi connectivity index (χ1) is 11.5. The highest BCUT2D eigenvalue weighted by Gasteiger charge is 2.37. The Hall–Kier alpha value is -1.85. The maximum absolute atomic E-state index is 12.3. The molecule has 1 aromatic carbocycles. The molecule has 0 aromatic heterocycles. The number of rotatable bonds is 4. The zero-order valence-corrected chi connectivity index (χ0v) is 14.3. The first-order valence-corrected chi connectivity index (χ1v) is 8.39. The van der Waals surface area contributed by atoms with E-state index in [1.165, 1.54) is 12.1 Å². The van der Waals surface area contributed by atoms with E-state index in [-0.39, 0.29) is 21.2 Å². The van der Waals surface area contributed by atoms with Crippen molar-refractivity contribution in [2.75, 3.05) is 13.2 Å². The Labute approximate surface area is 149 Å². The number of imide groups is 1. The zero-order chi connectivity index (χ0) is 17.3. The maximum atomic E-state index is 12.3. The summed E-state index contributed by atoms with van der Waals surface area (Å²) >= 11 is 11.8. The van der Waals surface area contributed by atoms with Gasteiger partial charge in [-0.25, -0.2) is 0 Å². The lowest BCUT2D eigenvalue weighted by molar-refractivity contribution is -0.145. The Morgan fingerprint density at radius 2 is 1.75 bits per heavy atom. The van der Waals surface area contributed by atoms with Crippen LogP contribution in [0.25, 0.3) is 0 Å². The Morgan fingerprint density at radius 3 is 2.29 bits per heavy atom. The number of allylic oxidation sites excluding steroid dienone is 2. The van der Waals surface area contributed by atoms with E-state index in [4.69, 9.17) is 27.9 Å². The molecule has 24 heavy (non-hydrogen) atoms. The summed E-state index contributed by atoms with van der Waals surface area (Å²) in [6, 6.07) is 2.69. The summed E-state index contributed by atoms with van der Waals surface area (Å²) in [7, 11) is 0. The van der Waals surface area contributed by atoms with Gasteiger partial charge in [0.05, 0.1) is 27.8 Å². The van der Waals surface area contributed by atoms with Crippen LogP contribution in [0, 0.1) is 5.92 Å². The number of hydrogen-bond acceptors (Lipinski definition) is 4. The second-order valence-electron chi connectivity index (χ2n) is 5.84. The molecule has 1 atom stereocenters. The molecule has 1 aliphatic heterocycles. The second-order valence-corrected chi connectivity index (χ2v) is 6.66. The lowest BCUT2D eigenvalue weighted by Gasteiger charge is -2.18. The van der Waals surface area contributed by atoms with Crippen molar-refractivity contribution in [3.8, 4) is 0 Å². The van der Waals surface area contributed by atoms with Gasteiger partial charge in [0.15, 0.2) is 0 Å². The van der Waals surface area contributed by atoms with Crippen LogP contribution in [0.2, 0.25) is 10.0 Å². The van der Waals surface area contributed by atoms with Crippen molar-refractivity contribution in [1.82, 2.24) is 4.90 Å². The van der Waals surface area contributed by atoms with Gasteiger partial charge >= 0.3 is 5.97 Å². The van der Waals surface area contributed by atoms with E-state index in [0.717, 1.165) is 24.2 Å². The highest BCUT2D eigenvalue weighted by atomic mass is 35.5. The van der Waals surface area contributed by atoms with E-state index >= 15 is 0 Å². The van der Waals surface area contributed by atoms with Crippen LogP contribution in [0.4, 0.5) is 0 Å². The number of amides is 2. The third-order valence-corrected chi connectivity index (χ3v) is 4.88. The Morgan fingerprint density at radius 1 is 1.12 bits per heavy atom. The van der Waals surface area contributed by atoms with Gasteiger partial charge in [-0.3, -0.25) is 19.3 Å². The molecular weight excluding hydrogens is 353 g/mol. The number of halogens is 2. The monoisotopic (exact) mass is 367 g/mol. The SMILES string of the molecule is O=C(CN1C(=O)c2cc(Cl)c(Cl)cc2C1=O)OCC1CC=CCC1. The minimum absolute atomic E-state index is 0.152. The van der Waals surface area contributed by atoms with Crippen molar-refractivity contribution < 1.29 is 19.1 Å². The van der Waals surface area contributed by atoms with E-state index in [2.05, 4.69) is 12.2 Å². The van der Waals surface area contributed by atoms with Gasteiger partial charge < -0.3 is 4.74 Å². The summed E-state index contributed by atoms with van der Waals surface area (Å²) in [6.07, 6.45) is 6.99. The highest BCUT2D eigenvalue weighted by Crippen LogP contribution is 2.31. The molecule has 5 nitrogen and oxygen atoms in total. The van der Waals surface area contributed by atoms with Crippen LogP contribution in [0.1, 0.15) is 40.0 Å². The number of carbonyl (C=O) groups excluding carboxylic acids is 3. The minimum Gasteiger partial charge on any atom is -0.464 e. The molecule has 3 rings (SSSR count). The minimum atomic E-state index is -0.601. The van der Waals surface area contributed by atoms with Gasteiger partial charge in [-0.05, 0) is 37.3 Å². The number of nitrogens with zero attached hydrogens (tertiary/aromatic N) is 1. The van der Waals surface area contributed by atoms with Gasteiger partial charge in [0.2, 0.25) is 0 Å². The van der Waals surface area contributed by atoms with Gasteiger partial charge in [-0.1, -0.05) is 35.4 Å². The summed E-state index contributed by atoms with van der Waals surface area (Å²) in [4.78, 5) is 37.4. The molecule has 1 aliphatic carbocycles. The van der Waals surface area contributed by atoms with E-state index in [1.54, 1.807) is 0 Å². The van der Waals surface area contributed by atoms with Crippen molar-refractivity contribution in [3.05, 3.63) is 45.5 Å². The van der Waals surface area contributed by atoms with Gasteiger partial charge in [-0.2, -0.15) is 0 Å². The molecule has 0 spiro atoms. The summed E-state index contributed by atoms with van der Waals surface area (Å²) in [5.41, 5.74) is 0.305. The molecule has 1 heterocycles. The first kappa shape index (κ1) is 17.0.